The molecule has 0 rings (SSSR count). The van der Waals surface area contributed by atoms with Crippen LogP contribution in [0.4, 0.5) is 0 Å². The van der Waals surface area contributed by atoms with Gasteiger partial charge in [0, 0.05) is 13.1 Å². The highest BCUT2D eigenvalue weighted by atomic mass is 28.4. The lowest BCUT2D eigenvalue weighted by atomic mass is 10.6. The zero-order valence-electron chi connectivity index (χ0n) is 9.77. The van der Waals surface area contributed by atoms with Crippen molar-refractivity contribution in [2.24, 2.45) is 0 Å². The summed E-state index contributed by atoms with van der Waals surface area (Å²) in [5, 5.41) is 0. The van der Waals surface area contributed by atoms with E-state index in [4.69, 9.17) is 4.12 Å². The lowest BCUT2D eigenvalue weighted by Gasteiger charge is -2.26. The molecule has 5 heteroatoms. The number of rotatable bonds is 6. The average molecular weight is 219 g/mol. The first-order valence-corrected chi connectivity index (χ1v) is 10.0. The Kier molecular flexibility index (Phi) is 6.07. The SMILES string of the molecule is CN(C)CCN[Si](C)(C)O[Si](C)C. The molecule has 0 unspecified atom stereocenters. The van der Waals surface area contributed by atoms with Gasteiger partial charge in [-0.05, 0) is 40.3 Å². The fourth-order valence-corrected chi connectivity index (χ4v) is 6.21. The van der Waals surface area contributed by atoms with Gasteiger partial charge in [-0.25, -0.2) is 0 Å². The first-order chi connectivity index (χ1) is 5.83. The van der Waals surface area contributed by atoms with Crippen molar-refractivity contribution in [1.82, 2.24) is 9.88 Å². The summed E-state index contributed by atoms with van der Waals surface area (Å²) < 4.78 is 5.93. The Morgan fingerprint density at radius 2 is 1.85 bits per heavy atom. The molecule has 0 spiro atoms. The molecule has 0 aliphatic rings. The summed E-state index contributed by atoms with van der Waals surface area (Å²) in [7, 11) is 2.06. The highest BCUT2D eigenvalue weighted by Crippen LogP contribution is 2.01. The van der Waals surface area contributed by atoms with Crippen LogP contribution < -0.4 is 4.98 Å². The van der Waals surface area contributed by atoms with Crippen LogP contribution in [0, 0.1) is 0 Å². The Hall–Kier alpha value is 0.314. The quantitative estimate of drug-likeness (QED) is 0.677. The standard InChI is InChI=1S/C8H23N2OSi2/c1-10(2)8-7-9-13(5,6)11-12(3)4/h9H,7-8H2,1-6H3. The van der Waals surface area contributed by atoms with Gasteiger partial charge in [0.05, 0.1) is 0 Å². The summed E-state index contributed by atoms with van der Waals surface area (Å²) in [5.74, 6) is 0. The second-order valence-corrected chi connectivity index (χ2v) is 10.3. The Morgan fingerprint density at radius 1 is 1.31 bits per heavy atom. The third-order valence-corrected chi connectivity index (χ3v) is 6.34. The fraction of sp³-hybridized carbons (Fsp3) is 1.00. The molecule has 3 nitrogen and oxygen atoms in total. The molecule has 1 N–H and O–H groups in total. The van der Waals surface area contributed by atoms with Gasteiger partial charge in [0.2, 0.25) is 0 Å². The molecule has 0 heterocycles. The predicted octanol–water partition coefficient (Wildman–Crippen LogP) is 1.11. The van der Waals surface area contributed by atoms with Crippen LogP contribution in [0.3, 0.4) is 0 Å². The van der Waals surface area contributed by atoms with Gasteiger partial charge in [-0.3, -0.25) is 0 Å². The van der Waals surface area contributed by atoms with Crippen LogP contribution in [0.1, 0.15) is 0 Å². The van der Waals surface area contributed by atoms with E-state index in [2.05, 4.69) is 50.2 Å². The lowest BCUT2D eigenvalue weighted by molar-refractivity contribution is 0.407. The van der Waals surface area contributed by atoms with Gasteiger partial charge in [-0.1, -0.05) is 0 Å². The number of hydrogen-bond acceptors (Lipinski definition) is 3. The second-order valence-electron chi connectivity index (χ2n) is 4.25. The van der Waals surface area contributed by atoms with E-state index in [0.29, 0.717) is 0 Å². The zero-order valence-corrected chi connectivity index (χ0v) is 11.8. The summed E-state index contributed by atoms with van der Waals surface area (Å²) in [6.45, 7) is 10.9. The third kappa shape index (κ3) is 8.64. The van der Waals surface area contributed by atoms with Crippen molar-refractivity contribution in [3.05, 3.63) is 0 Å². The molecule has 0 saturated heterocycles. The van der Waals surface area contributed by atoms with E-state index >= 15 is 0 Å². The normalized spacial score (nSPS) is 12.9. The van der Waals surface area contributed by atoms with Crippen LogP contribution in [0.15, 0.2) is 0 Å². The summed E-state index contributed by atoms with van der Waals surface area (Å²) in [5.41, 5.74) is 0. The van der Waals surface area contributed by atoms with E-state index in [-0.39, 0.29) is 0 Å². The van der Waals surface area contributed by atoms with Crippen molar-refractivity contribution in [1.29, 1.82) is 0 Å². The van der Waals surface area contributed by atoms with Gasteiger partial charge in [-0.2, -0.15) is 0 Å². The molecule has 0 aromatic rings. The number of likely N-dealkylation sites (N-methyl/N-ethyl adjacent to an activating group) is 1. The van der Waals surface area contributed by atoms with Crippen molar-refractivity contribution >= 4 is 17.5 Å². The summed E-state index contributed by atoms with van der Waals surface area (Å²) in [6, 6.07) is 0. The molecule has 0 aromatic heterocycles. The van der Waals surface area contributed by atoms with Crippen molar-refractivity contribution in [3.8, 4) is 0 Å². The van der Waals surface area contributed by atoms with E-state index < -0.39 is 17.5 Å². The first-order valence-electron chi connectivity index (χ1n) is 4.72. The molecule has 0 aliphatic carbocycles. The maximum Gasteiger partial charge on any atom is 0.251 e. The van der Waals surface area contributed by atoms with Crippen molar-refractivity contribution in [2.45, 2.75) is 26.2 Å². The minimum atomic E-state index is -1.56. The minimum Gasteiger partial charge on any atom is -0.445 e. The molecule has 13 heavy (non-hydrogen) atoms. The van der Waals surface area contributed by atoms with Crippen LogP contribution in [0.25, 0.3) is 0 Å². The minimum absolute atomic E-state index is 0.556. The van der Waals surface area contributed by atoms with Gasteiger partial charge in [-0.15, -0.1) is 0 Å². The van der Waals surface area contributed by atoms with Gasteiger partial charge in [0.25, 0.3) is 8.48 Å². The number of nitrogens with one attached hydrogen (secondary N) is 1. The molecular weight excluding hydrogens is 196 g/mol. The van der Waals surface area contributed by atoms with E-state index in [1.165, 1.54) is 0 Å². The van der Waals surface area contributed by atoms with Crippen LogP contribution in [0.5, 0.6) is 0 Å². The molecule has 0 fully saturated rings. The largest absolute Gasteiger partial charge is 0.445 e. The highest BCUT2D eigenvalue weighted by molar-refractivity contribution is 6.75. The summed E-state index contributed by atoms with van der Waals surface area (Å²) in [6.07, 6.45) is 0. The summed E-state index contributed by atoms with van der Waals surface area (Å²) >= 11 is 0. The second kappa shape index (κ2) is 5.92. The smallest absolute Gasteiger partial charge is 0.251 e. The fourth-order valence-electron chi connectivity index (χ4n) is 1.13. The molecule has 1 radical (unpaired) electrons. The van der Waals surface area contributed by atoms with Crippen LogP contribution in [-0.4, -0.2) is 49.6 Å². The molecule has 0 aliphatic heterocycles. The Bertz CT molecular complexity index is 140. The Balaban J connectivity index is 3.62. The van der Waals surface area contributed by atoms with Crippen molar-refractivity contribution in [2.75, 3.05) is 27.2 Å². The molecule has 0 bridgehead atoms. The number of nitrogens with zero attached hydrogens (tertiary/aromatic N) is 1. The topological polar surface area (TPSA) is 24.5 Å². The highest BCUT2D eigenvalue weighted by Gasteiger charge is 2.23. The van der Waals surface area contributed by atoms with Gasteiger partial charge >= 0.3 is 0 Å². The Morgan fingerprint density at radius 3 is 2.23 bits per heavy atom. The monoisotopic (exact) mass is 219 g/mol. The molecular formula is C8H23N2OSi2. The maximum atomic E-state index is 5.93. The van der Waals surface area contributed by atoms with Crippen molar-refractivity contribution < 1.29 is 4.12 Å². The summed E-state index contributed by atoms with van der Waals surface area (Å²) in [4.78, 5) is 5.70. The first kappa shape index (κ1) is 13.3. The molecule has 0 saturated carbocycles. The molecule has 0 aromatic carbocycles. The average Bonchev–Trinajstić information content (AvgIpc) is 1.81. The molecule has 79 valence electrons. The van der Waals surface area contributed by atoms with Crippen LogP contribution in [0.2, 0.25) is 26.2 Å². The van der Waals surface area contributed by atoms with E-state index in [1.807, 2.05) is 0 Å². The van der Waals surface area contributed by atoms with Crippen LogP contribution >= 0.6 is 0 Å². The van der Waals surface area contributed by atoms with E-state index in [9.17, 15) is 0 Å². The third-order valence-electron chi connectivity index (χ3n) is 1.57. The molecule has 0 amide bonds. The van der Waals surface area contributed by atoms with Gasteiger partial charge < -0.3 is 14.0 Å². The number of hydrogen-bond donors (Lipinski definition) is 1. The Labute approximate surface area is 85.4 Å². The maximum absolute atomic E-state index is 5.93. The van der Waals surface area contributed by atoms with Gasteiger partial charge in [0.15, 0.2) is 9.04 Å². The van der Waals surface area contributed by atoms with E-state index in [0.717, 1.165) is 13.1 Å². The van der Waals surface area contributed by atoms with E-state index in [1.54, 1.807) is 0 Å². The van der Waals surface area contributed by atoms with Crippen LogP contribution in [-0.2, 0) is 4.12 Å². The predicted molar refractivity (Wildman–Crippen MR) is 62.6 cm³/mol. The zero-order chi connectivity index (χ0) is 10.5. The molecule has 0 atom stereocenters. The lowest BCUT2D eigenvalue weighted by Crippen LogP contribution is -2.51. The van der Waals surface area contributed by atoms with Gasteiger partial charge in [0.1, 0.15) is 0 Å². The van der Waals surface area contributed by atoms with Crippen molar-refractivity contribution in [3.63, 3.8) is 0 Å².